The highest BCUT2D eigenvalue weighted by atomic mass is 16.5. The highest BCUT2D eigenvalue weighted by Gasteiger charge is 2.08. The molecule has 1 N–H and O–H groups in total. The van der Waals surface area contributed by atoms with Crippen molar-refractivity contribution in [1.29, 1.82) is 0 Å². The Hall–Kier alpha value is -1.59. The topological polar surface area (TPSA) is 69.2 Å². The lowest BCUT2D eigenvalue weighted by molar-refractivity contribution is 0.214. The summed E-state index contributed by atoms with van der Waals surface area (Å²) in [6, 6.07) is 0.542. The van der Waals surface area contributed by atoms with E-state index < -0.39 is 0 Å². The Morgan fingerprint density at radius 3 is 2.40 bits per heavy atom. The number of anilines is 1. The molecule has 1 aromatic rings. The zero-order chi connectivity index (χ0) is 11.3. The Morgan fingerprint density at radius 2 is 1.87 bits per heavy atom. The lowest BCUT2D eigenvalue weighted by Crippen LogP contribution is -2.11. The Morgan fingerprint density at radius 1 is 1.20 bits per heavy atom. The van der Waals surface area contributed by atoms with Crippen LogP contribution in [0.25, 0.3) is 0 Å². The monoisotopic (exact) mass is 212 g/mol. The van der Waals surface area contributed by atoms with Gasteiger partial charge in [-0.2, -0.15) is 9.97 Å². The fraction of sp³-hybridized carbons (Fsp3) is 0.667. The SMILES string of the molecule is CCOc1nc(NC)nc(OC(C)C)n1. The van der Waals surface area contributed by atoms with Crippen LogP contribution in [0.2, 0.25) is 0 Å². The third-order valence-corrected chi connectivity index (χ3v) is 1.43. The standard InChI is InChI=1S/C9H16N4O2/c1-5-14-8-11-7(10-4)12-9(13-8)15-6(2)3/h6H,5H2,1-4H3,(H,10,11,12,13). The molecule has 0 saturated carbocycles. The minimum atomic E-state index is 0.0200. The third-order valence-electron chi connectivity index (χ3n) is 1.43. The van der Waals surface area contributed by atoms with Gasteiger partial charge in [0, 0.05) is 7.05 Å². The maximum absolute atomic E-state index is 5.36. The summed E-state index contributed by atoms with van der Waals surface area (Å²) in [6.45, 7) is 6.19. The molecule has 0 fully saturated rings. The first-order valence-corrected chi connectivity index (χ1v) is 4.89. The molecule has 0 spiro atoms. The van der Waals surface area contributed by atoms with E-state index in [2.05, 4.69) is 20.3 Å². The summed E-state index contributed by atoms with van der Waals surface area (Å²) in [5.41, 5.74) is 0. The van der Waals surface area contributed by atoms with Crippen molar-refractivity contribution in [3.05, 3.63) is 0 Å². The molecule has 1 aromatic heterocycles. The minimum Gasteiger partial charge on any atom is -0.464 e. The van der Waals surface area contributed by atoms with Gasteiger partial charge in [-0.15, -0.1) is 4.98 Å². The van der Waals surface area contributed by atoms with Gasteiger partial charge in [-0.1, -0.05) is 0 Å². The summed E-state index contributed by atoms with van der Waals surface area (Å²) in [4.78, 5) is 12.1. The Kier molecular flexibility index (Phi) is 4.08. The van der Waals surface area contributed by atoms with Gasteiger partial charge in [0.25, 0.3) is 0 Å². The van der Waals surface area contributed by atoms with Crippen LogP contribution in [0, 0.1) is 0 Å². The predicted octanol–water partition coefficient (Wildman–Crippen LogP) is 1.10. The number of nitrogens with one attached hydrogen (secondary N) is 1. The molecule has 1 heterocycles. The molecule has 0 aliphatic carbocycles. The van der Waals surface area contributed by atoms with Gasteiger partial charge in [-0.3, -0.25) is 0 Å². The summed E-state index contributed by atoms with van der Waals surface area (Å²) < 4.78 is 10.5. The number of nitrogens with zero attached hydrogens (tertiary/aromatic N) is 3. The summed E-state index contributed by atoms with van der Waals surface area (Å²) >= 11 is 0. The number of rotatable bonds is 5. The molecule has 0 aromatic carbocycles. The zero-order valence-corrected chi connectivity index (χ0v) is 9.44. The molecule has 0 atom stereocenters. The Labute approximate surface area is 89.1 Å². The molecule has 0 aliphatic heterocycles. The molecule has 6 nitrogen and oxygen atoms in total. The van der Waals surface area contributed by atoms with E-state index >= 15 is 0 Å². The maximum atomic E-state index is 5.36. The van der Waals surface area contributed by atoms with Gasteiger partial charge in [-0.05, 0) is 20.8 Å². The number of hydrogen-bond acceptors (Lipinski definition) is 6. The Bertz CT molecular complexity index is 317. The summed E-state index contributed by atoms with van der Waals surface area (Å²) in [7, 11) is 1.73. The molecule has 6 heteroatoms. The smallest absolute Gasteiger partial charge is 0.324 e. The molecular weight excluding hydrogens is 196 g/mol. The van der Waals surface area contributed by atoms with E-state index in [9.17, 15) is 0 Å². The fourth-order valence-electron chi connectivity index (χ4n) is 0.907. The van der Waals surface area contributed by atoms with Crippen molar-refractivity contribution in [2.45, 2.75) is 26.9 Å². The van der Waals surface area contributed by atoms with Crippen molar-refractivity contribution < 1.29 is 9.47 Å². The molecule has 0 bridgehead atoms. The van der Waals surface area contributed by atoms with Crippen LogP contribution in [0.4, 0.5) is 5.95 Å². The van der Waals surface area contributed by atoms with E-state index in [1.54, 1.807) is 7.05 Å². The molecule has 0 unspecified atom stereocenters. The van der Waals surface area contributed by atoms with E-state index in [4.69, 9.17) is 9.47 Å². The largest absolute Gasteiger partial charge is 0.464 e. The van der Waals surface area contributed by atoms with Crippen molar-refractivity contribution in [3.63, 3.8) is 0 Å². The molecule has 15 heavy (non-hydrogen) atoms. The van der Waals surface area contributed by atoms with Crippen LogP contribution in [0.15, 0.2) is 0 Å². The number of aromatic nitrogens is 3. The first-order valence-electron chi connectivity index (χ1n) is 4.89. The molecule has 84 valence electrons. The van der Waals surface area contributed by atoms with Gasteiger partial charge in [0.2, 0.25) is 5.95 Å². The van der Waals surface area contributed by atoms with Crippen molar-refractivity contribution in [2.75, 3.05) is 19.0 Å². The molecule has 1 rings (SSSR count). The first-order chi connectivity index (χ1) is 7.15. The van der Waals surface area contributed by atoms with Crippen LogP contribution in [-0.2, 0) is 0 Å². The van der Waals surface area contributed by atoms with Crippen LogP contribution in [-0.4, -0.2) is 34.7 Å². The van der Waals surface area contributed by atoms with Gasteiger partial charge in [0.1, 0.15) is 0 Å². The summed E-state index contributed by atoms with van der Waals surface area (Å²) in [6.07, 6.45) is 0.0200. The van der Waals surface area contributed by atoms with Crippen LogP contribution < -0.4 is 14.8 Å². The fourth-order valence-corrected chi connectivity index (χ4v) is 0.907. The van der Waals surface area contributed by atoms with Crippen LogP contribution in [0.3, 0.4) is 0 Å². The van der Waals surface area contributed by atoms with Crippen molar-refractivity contribution in [3.8, 4) is 12.0 Å². The molecular formula is C9H16N4O2. The minimum absolute atomic E-state index is 0.0200. The normalized spacial score (nSPS) is 10.2. The Balaban J connectivity index is 2.89. The van der Waals surface area contributed by atoms with Gasteiger partial charge < -0.3 is 14.8 Å². The molecule has 0 aliphatic rings. The van der Waals surface area contributed by atoms with Gasteiger partial charge >= 0.3 is 12.0 Å². The quantitative estimate of drug-likeness (QED) is 0.788. The van der Waals surface area contributed by atoms with E-state index in [-0.39, 0.29) is 18.1 Å². The van der Waals surface area contributed by atoms with E-state index in [1.807, 2.05) is 20.8 Å². The third kappa shape index (κ3) is 3.57. The second-order valence-electron chi connectivity index (χ2n) is 3.07. The number of hydrogen-bond donors (Lipinski definition) is 1. The summed E-state index contributed by atoms with van der Waals surface area (Å²) in [5, 5.41) is 2.82. The van der Waals surface area contributed by atoms with Gasteiger partial charge in [0.15, 0.2) is 0 Å². The highest BCUT2D eigenvalue weighted by molar-refractivity contribution is 5.26. The van der Waals surface area contributed by atoms with Crippen molar-refractivity contribution in [2.24, 2.45) is 0 Å². The van der Waals surface area contributed by atoms with E-state index in [0.29, 0.717) is 12.6 Å². The van der Waals surface area contributed by atoms with E-state index in [1.165, 1.54) is 0 Å². The highest BCUT2D eigenvalue weighted by Crippen LogP contribution is 2.13. The van der Waals surface area contributed by atoms with Crippen LogP contribution in [0.5, 0.6) is 12.0 Å². The van der Waals surface area contributed by atoms with Crippen molar-refractivity contribution in [1.82, 2.24) is 15.0 Å². The van der Waals surface area contributed by atoms with Crippen LogP contribution in [0.1, 0.15) is 20.8 Å². The lowest BCUT2D eigenvalue weighted by Gasteiger charge is -2.09. The van der Waals surface area contributed by atoms with Crippen LogP contribution >= 0.6 is 0 Å². The zero-order valence-electron chi connectivity index (χ0n) is 9.44. The van der Waals surface area contributed by atoms with Gasteiger partial charge in [0.05, 0.1) is 12.7 Å². The maximum Gasteiger partial charge on any atom is 0.324 e. The van der Waals surface area contributed by atoms with Crippen molar-refractivity contribution >= 4 is 5.95 Å². The number of ether oxygens (including phenoxy) is 2. The molecule has 0 saturated heterocycles. The second-order valence-corrected chi connectivity index (χ2v) is 3.07. The second kappa shape index (κ2) is 5.33. The summed E-state index contributed by atoms with van der Waals surface area (Å²) in [5.74, 6) is 0.434. The average Bonchev–Trinajstić information content (AvgIpc) is 2.16. The first kappa shape index (κ1) is 11.5. The average molecular weight is 212 g/mol. The lowest BCUT2D eigenvalue weighted by atomic mass is 10.5. The van der Waals surface area contributed by atoms with Gasteiger partial charge in [-0.25, -0.2) is 0 Å². The molecule has 0 radical (unpaired) electrons. The molecule has 0 amide bonds. The van der Waals surface area contributed by atoms with E-state index in [0.717, 1.165) is 0 Å². The predicted molar refractivity (Wildman–Crippen MR) is 56.3 cm³/mol.